The third-order valence-corrected chi connectivity index (χ3v) is 13.1. The number of rotatable bonds is 18. The number of methoxy groups -OCH3 is 1. The van der Waals surface area contributed by atoms with Crippen molar-refractivity contribution in [3.05, 3.63) is 96.3 Å². The highest BCUT2D eigenvalue weighted by molar-refractivity contribution is 7.90. The van der Waals surface area contributed by atoms with Crippen LogP contribution in [0.15, 0.2) is 84.9 Å². The molecular formula is C44H47F4N5O7S. The van der Waals surface area contributed by atoms with E-state index in [0.717, 1.165) is 11.6 Å². The average molecular weight is 866 g/mol. The topological polar surface area (TPSA) is 170 Å². The van der Waals surface area contributed by atoms with Crippen molar-refractivity contribution in [2.45, 2.75) is 87.4 Å². The molecule has 61 heavy (non-hydrogen) atoms. The lowest BCUT2D eigenvalue weighted by atomic mass is 10.0. The summed E-state index contributed by atoms with van der Waals surface area (Å²) in [5, 5.41) is 3.06. The van der Waals surface area contributed by atoms with E-state index < -0.39 is 68.7 Å². The Morgan fingerprint density at radius 1 is 1.00 bits per heavy atom. The van der Waals surface area contributed by atoms with Crippen molar-refractivity contribution in [1.82, 2.24) is 14.6 Å². The number of carbonyl (C=O) groups excluding carboxylic acids is 3. The van der Waals surface area contributed by atoms with Crippen molar-refractivity contribution in [2.24, 2.45) is 17.6 Å². The normalized spacial score (nSPS) is 20.7. The molecule has 324 valence electrons. The van der Waals surface area contributed by atoms with Crippen molar-refractivity contribution in [2.75, 3.05) is 19.0 Å². The van der Waals surface area contributed by atoms with Gasteiger partial charge in [-0.15, -0.1) is 0 Å². The second-order valence-corrected chi connectivity index (χ2v) is 17.8. The fourth-order valence-corrected chi connectivity index (χ4v) is 9.04. The number of ether oxygens (including phenoxy) is 2. The molecule has 17 heteroatoms. The second kappa shape index (κ2) is 18.1. The predicted octanol–water partition coefficient (Wildman–Crippen LogP) is 7.13. The largest absolute Gasteiger partial charge is 0.497 e. The van der Waals surface area contributed by atoms with Gasteiger partial charge in [-0.05, 0) is 74.8 Å². The first kappa shape index (κ1) is 43.4. The van der Waals surface area contributed by atoms with Crippen LogP contribution in [0.5, 0.6) is 11.5 Å². The van der Waals surface area contributed by atoms with E-state index >= 15 is 0 Å². The Kier molecular flexibility index (Phi) is 12.9. The number of nitrogens with zero attached hydrogens (tertiary/aromatic N) is 2. The number of fused-ring (bicyclic) bond motifs is 1. The van der Waals surface area contributed by atoms with Crippen LogP contribution in [0.4, 0.5) is 23.2 Å². The first-order chi connectivity index (χ1) is 29.1. The molecule has 4 aromatic rings. The van der Waals surface area contributed by atoms with Crippen LogP contribution in [0.25, 0.3) is 22.2 Å². The third-order valence-electron chi connectivity index (χ3n) is 11.3. The maximum atomic E-state index is 14.4. The fraction of sp³-hybridized carbons (Fsp3) is 0.409. The summed E-state index contributed by atoms with van der Waals surface area (Å²) in [4.78, 5) is 45.8. The van der Waals surface area contributed by atoms with Crippen LogP contribution in [-0.2, 0) is 30.6 Å². The van der Waals surface area contributed by atoms with Gasteiger partial charge in [0.1, 0.15) is 35.5 Å². The molecule has 5 atom stereocenters. The predicted molar refractivity (Wildman–Crippen MR) is 220 cm³/mol. The van der Waals surface area contributed by atoms with Crippen LogP contribution in [-0.4, -0.2) is 73.1 Å². The van der Waals surface area contributed by atoms with E-state index in [1.807, 2.05) is 42.5 Å². The summed E-state index contributed by atoms with van der Waals surface area (Å²) in [5.74, 6) is -2.69. The van der Waals surface area contributed by atoms with E-state index in [9.17, 15) is 40.4 Å². The lowest BCUT2D eigenvalue weighted by Gasteiger charge is -2.28. The number of hydrogen-bond donors (Lipinski definition) is 3. The first-order valence-electron chi connectivity index (χ1n) is 20.3. The number of aromatic nitrogens is 1. The molecule has 3 fully saturated rings. The summed E-state index contributed by atoms with van der Waals surface area (Å²) < 4.78 is 93.6. The Hall–Kier alpha value is -5.71. The summed E-state index contributed by atoms with van der Waals surface area (Å²) in [7, 11) is -2.06. The van der Waals surface area contributed by atoms with Gasteiger partial charge >= 0.3 is 6.18 Å². The zero-order chi connectivity index (χ0) is 43.5. The molecule has 3 aliphatic rings. The SMILES string of the molecule is COc1ccc2c(OC3C[C@@H](C(N)=O)N(C(=O)[C@H](CCCCC/C=C\[C@@H]4C[C@@H]4C(=O)NS(=O)(=O)C4CC4)Nc4ccc(F)c(C(F)(F)F)c4)C3)cc(-c3ccccc3)nc2c1. The van der Waals surface area contributed by atoms with E-state index in [2.05, 4.69) is 10.0 Å². The molecule has 0 radical (unpaired) electrons. The molecule has 1 unspecified atom stereocenters. The lowest BCUT2D eigenvalue weighted by Crippen LogP contribution is -2.49. The average Bonchev–Trinajstić information content (AvgIpc) is 4.17. The minimum Gasteiger partial charge on any atom is -0.497 e. The van der Waals surface area contributed by atoms with Gasteiger partial charge in [0.05, 0.1) is 35.7 Å². The summed E-state index contributed by atoms with van der Waals surface area (Å²) in [6, 6.07) is 16.8. The number of alkyl halides is 3. The molecule has 12 nitrogen and oxygen atoms in total. The number of nitrogens with two attached hydrogens (primary N) is 1. The summed E-state index contributed by atoms with van der Waals surface area (Å²) in [6.07, 6.45) is 2.46. The number of amides is 3. The van der Waals surface area contributed by atoms with Crippen molar-refractivity contribution in [3.63, 3.8) is 0 Å². The van der Waals surface area contributed by atoms with E-state index in [1.54, 1.807) is 31.4 Å². The number of anilines is 1. The molecule has 1 saturated heterocycles. The molecule has 3 aromatic carbocycles. The van der Waals surface area contributed by atoms with Crippen molar-refractivity contribution in [3.8, 4) is 22.8 Å². The van der Waals surface area contributed by atoms with E-state index in [4.69, 9.17) is 20.2 Å². The number of likely N-dealkylation sites (tertiary alicyclic amines) is 1. The van der Waals surface area contributed by atoms with Crippen LogP contribution in [0.1, 0.15) is 63.4 Å². The number of halogens is 4. The Balaban J connectivity index is 1.03. The zero-order valence-corrected chi connectivity index (χ0v) is 34.2. The van der Waals surface area contributed by atoms with Crippen LogP contribution >= 0.6 is 0 Å². The van der Waals surface area contributed by atoms with Gasteiger partial charge in [-0.1, -0.05) is 55.3 Å². The fourth-order valence-electron chi connectivity index (χ4n) is 7.69. The van der Waals surface area contributed by atoms with Crippen molar-refractivity contribution >= 4 is 44.3 Å². The zero-order valence-electron chi connectivity index (χ0n) is 33.4. The quantitative estimate of drug-likeness (QED) is 0.0535. The van der Waals surface area contributed by atoms with Crippen LogP contribution in [0, 0.1) is 17.7 Å². The lowest BCUT2D eigenvalue weighted by molar-refractivity contribution is -0.140. The number of sulfonamides is 1. The summed E-state index contributed by atoms with van der Waals surface area (Å²) >= 11 is 0. The number of benzene rings is 3. The molecule has 0 bridgehead atoms. The number of allylic oxidation sites excluding steroid dienone is 2. The van der Waals surface area contributed by atoms with Crippen LogP contribution < -0.4 is 25.2 Å². The number of pyridine rings is 1. The Bertz CT molecular complexity index is 2410. The van der Waals surface area contributed by atoms with E-state index in [1.165, 1.54) is 4.90 Å². The summed E-state index contributed by atoms with van der Waals surface area (Å²) in [6.45, 7) is -0.0556. The smallest absolute Gasteiger partial charge is 0.419 e. The van der Waals surface area contributed by atoms with Gasteiger partial charge in [-0.2, -0.15) is 13.2 Å². The van der Waals surface area contributed by atoms with Crippen LogP contribution in [0.3, 0.4) is 0 Å². The molecule has 1 aromatic heterocycles. The highest BCUT2D eigenvalue weighted by Gasteiger charge is 2.45. The molecule has 1 aliphatic heterocycles. The van der Waals surface area contributed by atoms with Gasteiger partial charge in [0.2, 0.25) is 27.7 Å². The number of carbonyl (C=O) groups is 3. The second-order valence-electron chi connectivity index (χ2n) is 15.8. The number of primary amides is 1. The first-order valence-corrected chi connectivity index (χ1v) is 21.8. The molecule has 7 rings (SSSR count). The monoisotopic (exact) mass is 865 g/mol. The van der Waals surface area contributed by atoms with Gasteiger partial charge in [0, 0.05) is 41.1 Å². The molecular weight excluding hydrogens is 819 g/mol. The van der Waals surface area contributed by atoms with Gasteiger partial charge in [0.15, 0.2) is 0 Å². The van der Waals surface area contributed by atoms with Gasteiger partial charge in [-0.25, -0.2) is 17.8 Å². The Morgan fingerprint density at radius 3 is 2.48 bits per heavy atom. The van der Waals surface area contributed by atoms with Gasteiger partial charge in [-0.3, -0.25) is 19.1 Å². The van der Waals surface area contributed by atoms with Gasteiger partial charge < -0.3 is 25.4 Å². The van der Waals surface area contributed by atoms with Crippen molar-refractivity contribution in [1.29, 1.82) is 0 Å². The summed E-state index contributed by atoms with van der Waals surface area (Å²) in [5.41, 5.74) is 6.27. The van der Waals surface area contributed by atoms with Gasteiger partial charge in [0.25, 0.3) is 0 Å². The van der Waals surface area contributed by atoms with E-state index in [-0.39, 0.29) is 36.9 Å². The maximum Gasteiger partial charge on any atom is 0.419 e. The number of unbranched alkanes of at least 4 members (excludes halogenated alkanes) is 3. The molecule has 0 spiro atoms. The molecule has 3 amide bonds. The molecule has 2 saturated carbocycles. The minimum atomic E-state index is -4.98. The van der Waals surface area contributed by atoms with Crippen molar-refractivity contribution < 1.29 is 49.8 Å². The Morgan fingerprint density at radius 2 is 1.77 bits per heavy atom. The molecule has 2 aliphatic carbocycles. The number of nitrogens with one attached hydrogen (secondary N) is 2. The van der Waals surface area contributed by atoms with E-state index in [0.29, 0.717) is 85.2 Å². The highest BCUT2D eigenvalue weighted by atomic mass is 32.2. The number of hydrogen-bond acceptors (Lipinski definition) is 9. The standard InChI is InChI=1S/C44H47F4N5O7S/c1-59-29-15-18-32-38(22-29)51-37(26-10-7-5-8-11-26)24-40(32)60-30-23-39(41(49)54)53(25-30)43(56)36(50-28-14-19-35(45)34(21-28)44(46,47)48)13-9-4-2-3-6-12-27-20-33(27)42(55)52-61(57,58)31-16-17-31/h5-8,10-12,14-15,18-19,21-22,24,27,30-31,33,36,39,50H,2-4,9,13,16-17,20,23,25H2,1H3,(H2,49,54)(H,52,55)/b12-6-/t27-,30?,33+,36+,39+/m1/s1. The molecule has 2 heterocycles. The van der Waals surface area contributed by atoms with Crippen LogP contribution in [0.2, 0.25) is 0 Å². The highest BCUT2D eigenvalue weighted by Crippen LogP contribution is 2.41. The molecule has 4 N–H and O–H groups in total. The minimum absolute atomic E-state index is 0.0453. The maximum absolute atomic E-state index is 14.4. The third kappa shape index (κ3) is 10.6. The Labute approximate surface area is 350 Å².